The molecule has 128 valence electrons. The SMILES string of the molecule is CCCCC(CC)(CCS(=O)(=O)C(C)(C)C)CNC(C)C. The van der Waals surface area contributed by atoms with E-state index in [-0.39, 0.29) is 5.41 Å². The second-order valence-corrected chi connectivity index (χ2v) is 10.5. The van der Waals surface area contributed by atoms with Crippen LogP contribution in [-0.2, 0) is 9.84 Å². The fourth-order valence-electron chi connectivity index (χ4n) is 2.41. The molecule has 0 rings (SSSR count). The van der Waals surface area contributed by atoms with E-state index in [9.17, 15) is 8.42 Å². The lowest BCUT2D eigenvalue weighted by atomic mass is 9.77. The van der Waals surface area contributed by atoms with E-state index in [2.05, 4.69) is 33.0 Å². The first-order chi connectivity index (χ1) is 9.49. The Morgan fingerprint density at radius 2 is 1.62 bits per heavy atom. The normalized spacial score (nSPS) is 16.2. The summed E-state index contributed by atoms with van der Waals surface area (Å²) in [5.41, 5.74) is 0.110. The summed E-state index contributed by atoms with van der Waals surface area (Å²) in [5, 5.41) is 3.53. The van der Waals surface area contributed by atoms with Crippen LogP contribution in [0, 0.1) is 5.41 Å². The highest BCUT2D eigenvalue weighted by molar-refractivity contribution is 7.92. The molecule has 0 aliphatic carbocycles. The lowest BCUT2D eigenvalue weighted by molar-refractivity contribution is 0.216. The van der Waals surface area contributed by atoms with Crippen molar-refractivity contribution in [2.75, 3.05) is 12.3 Å². The zero-order valence-electron chi connectivity index (χ0n) is 15.3. The molecular formula is C17H37NO2S. The molecule has 1 unspecified atom stereocenters. The Morgan fingerprint density at radius 1 is 1.05 bits per heavy atom. The van der Waals surface area contributed by atoms with Crippen molar-refractivity contribution in [3.63, 3.8) is 0 Å². The van der Waals surface area contributed by atoms with Gasteiger partial charge in [0.15, 0.2) is 9.84 Å². The lowest BCUT2D eigenvalue weighted by Crippen LogP contribution is -2.40. The van der Waals surface area contributed by atoms with Crippen LogP contribution in [-0.4, -0.2) is 31.5 Å². The Morgan fingerprint density at radius 3 is 2.00 bits per heavy atom. The van der Waals surface area contributed by atoms with Gasteiger partial charge in [-0.05, 0) is 45.4 Å². The molecule has 0 radical (unpaired) electrons. The molecule has 21 heavy (non-hydrogen) atoms. The van der Waals surface area contributed by atoms with E-state index in [1.54, 1.807) is 20.8 Å². The van der Waals surface area contributed by atoms with Gasteiger partial charge < -0.3 is 5.32 Å². The molecular weight excluding hydrogens is 282 g/mol. The third kappa shape index (κ3) is 7.14. The third-order valence-corrected chi connectivity index (χ3v) is 7.14. The van der Waals surface area contributed by atoms with E-state index in [1.165, 1.54) is 6.42 Å². The lowest BCUT2D eigenvalue weighted by Gasteiger charge is -2.35. The maximum absolute atomic E-state index is 12.4. The van der Waals surface area contributed by atoms with Crippen molar-refractivity contribution in [3.05, 3.63) is 0 Å². The number of nitrogens with one attached hydrogen (secondary N) is 1. The van der Waals surface area contributed by atoms with Crippen LogP contribution in [0.4, 0.5) is 0 Å². The van der Waals surface area contributed by atoms with Gasteiger partial charge in [0, 0.05) is 12.6 Å². The summed E-state index contributed by atoms with van der Waals surface area (Å²) in [6.07, 6.45) is 5.24. The molecule has 0 amide bonds. The summed E-state index contributed by atoms with van der Waals surface area (Å²) in [7, 11) is -3.03. The highest BCUT2D eigenvalue weighted by atomic mass is 32.2. The van der Waals surface area contributed by atoms with Crippen LogP contribution in [0.5, 0.6) is 0 Å². The first kappa shape index (κ1) is 20.9. The highest BCUT2D eigenvalue weighted by Gasteiger charge is 2.34. The summed E-state index contributed by atoms with van der Waals surface area (Å²) in [6, 6.07) is 0.441. The number of unbranched alkanes of at least 4 members (excludes halogenated alkanes) is 1. The summed E-state index contributed by atoms with van der Waals surface area (Å²) < 4.78 is 24.2. The maximum atomic E-state index is 12.4. The summed E-state index contributed by atoms with van der Waals surface area (Å²) >= 11 is 0. The van der Waals surface area contributed by atoms with Gasteiger partial charge in [-0.1, -0.05) is 40.5 Å². The molecule has 0 aromatic heterocycles. The zero-order chi connectivity index (χ0) is 16.7. The van der Waals surface area contributed by atoms with E-state index in [4.69, 9.17) is 0 Å². The van der Waals surface area contributed by atoms with Crippen LogP contribution in [0.25, 0.3) is 0 Å². The molecule has 0 saturated carbocycles. The van der Waals surface area contributed by atoms with Gasteiger partial charge in [-0.15, -0.1) is 0 Å². The molecule has 0 aromatic rings. The van der Waals surface area contributed by atoms with Crippen molar-refractivity contribution < 1.29 is 8.42 Å². The van der Waals surface area contributed by atoms with Crippen molar-refractivity contribution in [3.8, 4) is 0 Å². The third-order valence-electron chi connectivity index (χ3n) is 4.53. The standard InChI is InChI=1S/C17H37NO2S/c1-8-10-11-17(9-2,14-18-15(3)4)12-13-21(19,20)16(5,6)7/h15,18H,8-14H2,1-7H3. The second kappa shape index (κ2) is 8.52. The van der Waals surface area contributed by atoms with Crippen molar-refractivity contribution in [1.82, 2.24) is 5.32 Å². The summed E-state index contributed by atoms with van der Waals surface area (Å²) in [4.78, 5) is 0. The van der Waals surface area contributed by atoms with Crippen molar-refractivity contribution in [2.45, 2.75) is 91.4 Å². The molecule has 0 aliphatic rings. The largest absolute Gasteiger partial charge is 0.314 e. The number of hydrogen-bond acceptors (Lipinski definition) is 3. The summed E-state index contributed by atoms with van der Waals surface area (Å²) in [6.45, 7) is 15.0. The monoisotopic (exact) mass is 319 g/mol. The Labute approximate surface area is 133 Å². The minimum Gasteiger partial charge on any atom is -0.314 e. The molecule has 0 aliphatic heterocycles. The van der Waals surface area contributed by atoms with Gasteiger partial charge in [0.2, 0.25) is 0 Å². The van der Waals surface area contributed by atoms with E-state index in [0.717, 1.165) is 32.2 Å². The predicted molar refractivity (Wildman–Crippen MR) is 93.5 cm³/mol. The number of sulfone groups is 1. The average molecular weight is 320 g/mol. The van der Waals surface area contributed by atoms with E-state index < -0.39 is 14.6 Å². The van der Waals surface area contributed by atoms with Crippen molar-refractivity contribution in [2.24, 2.45) is 5.41 Å². The topological polar surface area (TPSA) is 46.2 Å². The molecule has 1 N–H and O–H groups in total. The quantitative estimate of drug-likeness (QED) is 0.657. The highest BCUT2D eigenvalue weighted by Crippen LogP contribution is 2.34. The van der Waals surface area contributed by atoms with Crippen LogP contribution in [0.1, 0.15) is 80.6 Å². The van der Waals surface area contributed by atoms with Crippen LogP contribution in [0.3, 0.4) is 0 Å². The second-order valence-electron chi connectivity index (χ2n) is 7.67. The summed E-state index contributed by atoms with van der Waals surface area (Å²) in [5.74, 6) is 0.299. The van der Waals surface area contributed by atoms with E-state index in [0.29, 0.717) is 11.8 Å². The van der Waals surface area contributed by atoms with Gasteiger partial charge >= 0.3 is 0 Å². The van der Waals surface area contributed by atoms with Gasteiger partial charge in [-0.25, -0.2) is 8.42 Å². The first-order valence-corrected chi connectivity index (χ1v) is 10.1. The van der Waals surface area contributed by atoms with Crippen LogP contribution in [0.2, 0.25) is 0 Å². The Balaban J connectivity index is 4.96. The molecule has 0 bridgehead atoms. The molecule has 0 aromatic carbocycles. The Bertz CT molecular complexity index is 382. The van der Waals surface area contributed by atoms with Crippen LogP contribution in [0.15, 0.2) is 0 Å². The van der Waals surface area contributed by atoms with Gasteiger partial charge in [0.1, 0.15) is 0 Å². The molecule has 3 nitrogen and oxygen atoms in total. The molecule has 0 spiro atoms. The molecule has 0 fully saturated rings. The zero-order valence-corrected chi connectivity index (χ0v) is 16.1. The minimum absolute atomic E-state index is 0.110. The molecule has 0 heterocycles. The van der Waals surface area contributed by atoms with Gasteiger partial charge in [0.25, 0.3) is 0 Å². The van der Waals surface area contributed by atoms with Crippen LogP contribution < -0.4 is 5.32 Å². The number of hydrogen-bond donors (Lipinski definition) is 1. The minimum atomic E-state index is -3.03. The number of rotatable bonds is 10. The van der Waals surface area contributed by atoms with Crippen molar-refractivity contribution >= 4 is 9.84 Å². The van der Waals surface area contributed by atoms with Crippen molar-refractivity contribution in [1.29, 1.82) is 0 Å². The molecule has 1 atom stereocenters. The van der Waals surface area contributed by atoms with E-state index >= 15 is 0 Å². The predicted octanol–water partition coefficient (Wildman–Crippen LogP) is 4.17. The maximum Gasteiger partial charge on any atom is 0.155 e. The van der Waals surface area contributed by atoms with Gasteiger partial charge in [-0.3, -0.25) is 0 Å². The first-order valence-electron chi connectivity index (χ1n) is 8.45. The van der Waals surface area contributed by atoms with Gasteiger partial charge in [-0.2, -0.15) is 0 Å². The van der Waals surface area contributed by atoms with Crippen LogP contribution >= 0.6 is 0 Å². The average Bonchev–Trinajstić information content (AvgIpc) is 2.37. The fraction of sp³-hybridized carbons (Fsp3) is 1.00. The Kier molecular flexibility index (Phi) is 8.48. The van der Waals surface area contributed by atoms with E-state index in [1.807, 2.05) is 0 Å². The molecule has 4 heteroatoms. The molecule has 0 saturated heterocycles. The smallest absolute Gasteiger partial charge is 0.155 e. The Hall–Kier alpha value is -0.0900. The van der Waals surface area contributed by atoms with Gasteiger partial charge in [0.05, 0.1) is 10.5 Å². The fourth-order valence-corrected chi connectivity index (χ4v) is 3.72.